The molecule has 1 aliphatic heterocycles. The van der Waals surface area contributed by atoms with Gasteiger partial charge in [0.1, 0.15) is 0 Å². The van der Waals surface area contributed by atoms with Crippen LogP contribution in [0.5, 0.6) is 0 Å². The van der Waals surface area contributed by atoms with Crippen LogP contribution in [0.25, 0.3) is 0 Å². The van der Waals surface area contributed by atoms with Crippen LogP contribution in [0.1, 0.15) is 43.9 Å². The van der Waals surface area contributed by atoms with Crippen LogP contribution in [-0.2, 0) is 24.2 Å². The summed E-state index contributed by atoms with van der Waals surface area (Å²) in [6.07, 6.45) is -0.799. The summed E-state index contributed by atoms with van der Waals surface area (Å²) in [6, 6.07) is 52.6. The summed E-state index contributed by atoms with van der Waals surface area (Å²) in [5, 5.41) is 2.39. The standard InChI is InChI=1S/C42H47NO4Si/c1-40(2,3)48(38-27-17-9-18-28-38,39-29-19-10-20-30-39)46-37-31-32-43(33-37)42(44-4,45-5)47-41(34-21-11-6-12-22-34,35-23-13-7-14-24-35)36-25-15-8-16-26-36/h6-30,37H,31-33H2,1-5H3. The van der Waals surface area contributed by atoms with Crippen LogP contribution in [0.15, 0.2) is 152 Å². The van der Waals surface area contributed by atoms with Crippen LogP contribution >= 0.6 is 0 Å². The molecule has 5 aromatic rings. The van der Waals surface area contributed by atoms with Gasteiger partial charge in [-0.05, 0) is 38.5 Å². The van der Waals surface area contributed by atoms with Crippen LogP contribution < -0.4 is 10.4 Å². The average Bonchev–Trinajstić information content (AvgIpc) is 3.62. The second kappa shape index (κ2) is 14.3. The Labute approximate surface area is 287 Å². The van der Waals surface area contributed by atoms with Crippen molar-refractivity contribution in [3.63, 3.8) is 0 Å². The van der Waals surface area contributed by atoms with E-state index in [1.807, 2.05) is 54.6 Å². The molecule has 1 unspecified atom stereocenters. The maximum Gasteiger partial charge on any atom is 0.354 e. The minimum absolute atomic E-state index is 0.0795. The lowest BCUT2D eigenvalue weighted by atomic mass is 9.80. The van der Waals surface area contributed by atoms with Crippen LogP contribution in [0.4, 0.5) is 0 Å². The van der Waals surface area contributed by atoms with Crippen molar-refractivity contribution < 1.29 is 18.6 Å². The minimum Gasteiger partial charge on any atom is -0.403 e. The van der Waals surface area contributed by atoms with E-state index in [2.05, 4.69) is 123 Å². The summed E-state index contributed by atoms with van der Waals surface area (Å²) < 4.78 is 27.7. The van der Waals surface area contributed by atoms with Crippen molar-refractivity contribution in [1.82, 2.24) is 4.90 Å². The van der Waals surface area contributed by atoms with Gasteiger partial charge in [-0.2, -0.15) is 0 Å². The van der Waals surface area contributed by atoms with Gasteiger partial charge in [-0.3, -0.25) is 4.74 Å². The second-order valence-electron chi connectivity index (χ2n) is 13.5. The van der Waals surface area contributed by atoms with E-state index in [9.17, 15) is 0 Å². The zero-order valence-electron chi connectivity index (χ0n) is 28.7. The Bertz CT molecular complexity index is 1570. The van der Waals surface area contributed by atoms with E-state index >= 15 is 0 Å². The van der Waals surface area contributed by atoms with Gasteiger partial charge in [0.05, 0.1) is 6.10 Å². The molecule has 0 amide bonds. The molecule has 5 nitrogen and oxygen atoms in total. The summed E-state index contributed by atoms with van der Waals surface area (Å²) >= 11 is 0. The number of likely N-dealkylation sites (tertiary alicyclic amines) is 1. The average molecular weight is 658 g/mol. The van der Waals surface area contributed by atoms with Gasteiger partial charge in [0, 0.05) is 27.3 Å². The lowest BCUT2D eigenvalue weighted by molar-refractivity contribution is -0.450. The van der Waals surface area contributed by atoms with Crippen LogP contribution in [-0.4, -0.2) is 52.7 Å². The quantitative estimate of drug-likeness (QED) is 0.0788. The SMILES string of the molecule is COC(OC)(OC(c1ccccc1)(c1ccccc1)c1ccccc1)N1CCC(O[Si](c2ccccc2)(c2ccccc2)C(C)(C)C)C1. The highest BCUT2D eigenvalue weighted by Gasteiger charge is 2.55. The molecule has 6 rings (SSSR count). The van der Waals surface area contributed by atoms with Gasteiger partial charge >= 0.3 is 6.10 Å². The molecule has 248 valence electrons. The number of hydrogen-bond acceptors (Lipinski definition) is 5. The molecule has 1 heterocycles. The van der Waals surface area contributed by atoms with Gasteiger partial charge < -0.3 is 13.9 Å². The fraction of sp³-hybridized carbons (Fsp3) is 0.286. The van der Waals surface area contributed by atoms with Crippen LogP contribution in [0, 0.1) is 0 Å². The monoisotopic (exact) mass is 657 g/mol. The Morgan fingerprint density at radius 2 is 0.938 bits per heavy atom. The fourth-order valence-corrected chi connectivity index (χ4v) is 12.1. The third kappa shape index (κ3) is 6.21. The van der Waals surface area contributed by atoms with Crippen molar-refractivity contribution in [3.05, 3.63) is 168 Å². The van der Waals surface area contributed by atoms with Gasteiger partial charge in [-0.25, -0.2) is 4.90 Å². The Balaban J connectivity index is 1.42. The van der Waals surface area contributed by atoms with E-state index < -0.39 is 20.0 Å². The van der Waals surface area contributed by atoms with Crippen molar-refractivity contribution in [1.29, 1.82) is 0 Å². The van der Waals surface area contributed by atoms with E-state index in [4.69, 9.17) is 18.6 Å². The van der Waals surface area contributed by atoms with Crippen molar-refractivity contribution in [2.24, 2.45) is 0 Å². The van der Waals surface area contributed by atoms with E-state index in [1.165, 1.54) is 10.4 Å². The van der Waals surface area contributed by atoms with Crippen molar-refractivity contribution in [2.75, 3.05) is 27.3 Å². The second-order valence-corrected chi connectivity index (χ2v) is 17.7. The minimum atomic E-state index is -2.78. The molecule has 0 N–H and O–H groups in total. The summed E-state index contributed by atoms with van der Waals surface area (Å²) in [5.74, 6) is 0. The number of rotatable bonds is 12. The topological polar surface area (TPSA) is 40.2 Å². The molecule has 1 saturated heterocycles. The van der Waals surface area contributed by atoms with Crippen LogP contribution in [0.2, 0.25) is 5.04 Å². The molecular formula is C42H47NO4Si. The molecule has 0 spiro atoms. The van der Waals surface area contributed by atoms with E-state index in [-0.39, 0.29) is 11.1 Å². The van der Waals surface area contributed by atoms with Crippen molar-refractivity contribution in [3.8, 4) is 0 Å². The predicted molar refractivity (Wildman–Crippen MR) is 196 cm³/mol. The van der Waals surface area contributed by atoms with Crippen molar-refractivity contribution >= 4 is 18.7 Å². The fourth-order valence-electron chi connectivity index (χ4n) is 7.39. The van der Waals surface area contributed by atoms with Gasteiger partial charge in [-0.1, -0.05) is 172 Å². The first-order valence-electron chi connectivity index (χ1n) is 16.8. The maximum absolute atomic E-state index is 7.56. The van der Waals surface area contributed by atoms with Crippen molar-refractivity contribution in [2.45, 2.75) is 50.0 Å². The highest BCUT2D eigenvalue weighted by Crippen LogP contribution is 2.46. The van der Waals surface area contributed by atoms with Crippen LogP contribution in [0.3, 0.4) is 0 Å². The molecule has 0 bridgehead atoms. The van der Waals surface area contributed by atoms with Gasteiger partial charge in [0.15, 0.2) is 5.60 Å². The number of benzene rings is 5. The summed E-state index contributed by atoms with van der Waals surface area (Å²) in [4.78, 5) is 2.15. The highest BCUT2D eigenvalue weighted by atomic mass is 28.4. The molecule has 0 saturated carbocycles. The summed E-state index contributed by atoms with van der Waals surface area (Å²) in [5.41, 5.74) is 1.87. The normalized spacial score (nSPS) is 16.2. The van der Waals surface area contributed by atoms with E-state index in [1.54, 1.807) is 14.2 Å². The molecular weight excluding hydrogens is 611 g/mol. The highest BCUT2D eigenvalue weighted by molar-refractivity contribution is 6.99. The van der Waals surface area contributed by atoms with E-state index in [0.29, 0.717) is 13.1 Å². The Kier molecular flexibility index (Phi) is 10.1. The number of methoxy groups -OCH3 is 2. The number of nitrogens with zero attached hydrogens (tertiary/aromatic N) is 1. The molecule has 48 heavy (non-hydrogen) atoms. The molecule has 5 aromatic carbocycles. The number of ether oxygens (including phenoxy) is 3. The molecule has 0 aliphatic carbocycles. The maximum atomic E-state index is 7.56. The first kappa shape index (κ1) is 34.0. The Morgan fingerprint density at radius 3 is 1.29 bits per heavy atom. The molecule has 1 aliphatic rings. The van der Waals surface area contributed by atoms with E-state index in [0.717, 1.165) is 23.1 Å². The molecule has 0 radical (unpaired) electrons. The van der Waals surface area contributed by atoms with Gasteiger partial charge in [0.25, 0.3) is 8.32 Å². The summed E-state index contributed by atoms with van der Waals surface area (Å²) in [7, 11) is 0.539. The van der Waals surface area contributed by atoms with Gasteiger partial charge in [-0.15, -0.1) is 0 Å². The largest absolute Gasteiger partial charge is 0.403 e. The first-order valence-corrected chi connectivity index (χ1v) is 18.7. The summed E-state index contributed by atoms with van der Waals surface area (Å²) in [6.45, 7) is 8.19. The molecule has 1 fully saturated rings. The predicted octanol–water partition coefficient (Wildman–Crippen LogP) is 7.55. The number of hydrogen-bond donors (Lipinski definition) is 0. The zero-order valence-corrected chi connectivity index (χ0v) is 29.7. The van der Waals surface area contributed by atoms with Gasteiger partial charge in [0.2, 0.25) is 0 Å². The smallest absolute Gasteiger partial charge is 0.354 e. The zero-order chi connectivity index (χ0) is 33.7. The lowest BCUT2D eigenvalue weighted by Gasteiger charge is -2.47. The molecule has 6 heteroatoms. The lowest BCUT2D eigenvalue weighted by Crippen LogP contribution is -2.68. The first-order chi connectivity index (χ1) is 23.3. The third-order valence-corrected chi connectivity index (χ3v) is 14.7. The molecule has 1 atom stereocenters. The Morgan fingerprint density at radius 1 is 0.562 bits per heavy atom. The third-order valence-electron chi connectivity index (χ3n) is 9.63. The molecule has 0 aromatic heterocycles. The Hall–Kier alpha value is -3.88.